The van der Waals surface area contributed by atoms with Gasteiger partial charge in [-0.25, -0.2) is 4.79 Å². The predicted octanol–water partition coefficient (Wildman–Crippen LogP) is 3.11. The number of nitrogen functional groups attached to an aromatic ring is 1. The Morgan fingerprint density at radius 2 is 2.14 bits per heavy atom. The molecule has 0 radical (unpaired) electrons. The number of nitrogens with zero attached hydrogens (tertiary/aromatic N) is 1. The number of carbonyl (C=O) groups is 1. The summed E-state index contributed by atoms with van der Waals surface area (Å²) in [6.45, 7) is 5.83. The molecule has 7 nitrogen and oxygen atoms in total. The van der Waals surface area contributed by atoms with Crippen LogP contribution in [0.4, 0.5) is 16.2 Å². The molecule has 7 heteroatoms. The van der Waals surface area contributed by atoms with Crippen molar-refractivity contribution < 1.29 is 14.5 Å². The molecule has 0 atom stereocenters. The summed E-state index contributed by atoms with van der Waals surface area (Å²) >= 11 is 0. The summed E-state index contributed by atoms with van der Waals surface area (Å²) in [7, 11) is 0. The quantitative estimate of drug-likeness (QED) is 0.376. The second-order valence-corrected chi connectivity index (χ2v) is 5.70. The van der Waals surface area contributed by atoms with Crippen LogP contribution >= 0.6 is 0 Å². The molecule has 0 heterocycles. The second-order valence-electron chi connectivity index (χ2n) is 5.70. The van der Waals surface area contributed by atoms with Crippen molar-refractivity contribution in [1.29, 1.82) is 0 Å². The molecule has 0 aliphatic rings. The second kappa shape index (κ2) is 7.44. The van der Waals surface area contributed by atoms with E-state index in [1.165, 1.54) is 12.1 Å². The fraction of sp³-hybridized carbons (Fsp3) is 0.400. The van der Waals surface area contributed by atoms with Crippen molar-refractivity contribution in [3.05, 3.63) is 40.0 Å². The molecule has 22 heavy (non-hydrogen) atoms. The first-order chi connectivity index (χ1) is 10.2. The van der Waals surface area contributed by atoms with Gasteiger partial charge in [0.25, 0.3) is 5.69 Å². The lowest BCUT2D eigenvalue weighted by atomic mass is 10.1. The zero-order valence-corrected chi connectivity index (χ0v) is 13.0. The summed E-state index contributed by atoms with van der Waals surface area (Å²) < 4.78 is 5.10. The van der Waals surface area contributed by atoms with Gasteiger partial charge < -0.3 is 15.8 Å². The van der Waals surface area contributed by atoms with E-state index in [-0.39, 0.29) is 11.4 Å². The molecule has 0 saturated carbocycles. The van der Waals surface area contributed by atoms with Crippen LogP contribution in [0.1, 0.15) is 32.8 Å². The molecule has 0 fully saturated rings. The highest BCUT2D eigenvalue weighted by Crippen LogP contribution is 2.22. The fourth-order valence-electron chi connectivity index (χ4n) is 1.63. The van der Waals surface area contributed by atoms with Crippen LogP contribution in [0.15, 0.2) is 24.3 Å². The number of amides is 1. The van der Waals surface area contributed by atoms with Crippen molar-refractivity contribution in [2.45, 2.75) is 32.8 Å². The summed E-state index contributed by atoms with van der Waals surface area (Å²) in [6.07, 6.45) is 3.78. The first-order valence-corrected chi connectivity index (χ1v) is 6.86. The van der Waals surface area contributed by atoms with Gasteiger partial charge in [-0.15, -0.1) is 0 Å². The van der Waals surface area contributed by atoms with Gasteiger partial charge in [0.1, 0.15) is 11.3 Å². The molecule has 0 spiro atoms. The molecule has 0 aliphatic heterocycles. The molecule has 0 aromatic heterocycles. The van der Waals surface area contributed by atoms with Crippen molar-refractivity contribution in [2.24, 2.45) is 0 Å². The summed E-state index contributed by atoms with van der Waals surface area (Å²) in [4.78, 5) is 21.5. The Bertz CT molecular complexity index is 577. The molecule has 0 unspecified atom stereocenters. The highest BCUT2D eigenvalue weighted by Gasteiger charge is 2.15. The lowest BCUT2D eigenvalue weighted by molar-refractivity contribution is -0.383. The van der Waals surface area contributed by atoms with Crippen LogP contribution < -0.4 is 11.1 Å². The number of nitro groups is 1. The van der Waals surface area contributed by atoms with Gasteiger partial charge in [0.2, 0.25) is 0 Å². The molecular formula is C15H21N3O4. The number of hydrogen-bond donors (Lipinski definition) is 2. The Kier molecular flexibility index (Phi) is 5.91. The van der Waals surface area contributed by atoms with E-state index in [0.717, 1.165) is 5.56 Å². The number of carbonyl (C=O) groups excluding carboxylic acids is 1. The van der Waals surface area contributed by atoms with E-state index < -0.39 is 16.6 Å². The highest BCUT2D eigenvalue weighted by molar-refractivity contribution is 5.67. The van der Waals surface area contributed by atoms with Crippen LogP contribution in [-0.2, 0) is 4.74 Å². The van der Waals surface area contributed by atoms with Gasteiger partial charge in [-0.2, -0.15) is 0 Å². The van der Waals surface area contributed by atoms with Crippen molar-refractivity contribution in [1.82, 2.24) is 5.32 Å². The van der Waals surface area contributed by atoms with Gasteiger partial charge >= 0.3 is 6.09 Å². The number of nitro benzene ring substituents is 1. The van der Waals surface area contributed by atoms with Crippen molar-refractivity contribution >= 4 is 23.5 Å². The first kappa shape index (κ1) is 17.5. The molecule has 1 rings (SSSR count). The number of rotatable bonds is 5. The lowest BCUT2D eigenvalue weighted by Crippen LogP contribution is -2.32. The Hall–Kier alpha value is -2.57. The minimum atomic E-state index is -0.520. The fourth-order valence-corrected chi connectivity index (χ4v) is 1.63. The number of alkyl carbamates (subject to hydrolysis) is 1. The van der Waals surface area contributed by atoms with Gasteiger partial charge in [0, 0.05) is 12.6 Å². The number of hydrogen-bond acceptors (Lipinski definition) is 5. The zero-order chi connectivity index (χ0) is 16.8. The number of nitrogens with two attached hydrogens (primary N) is 1. The summed E-state index contributed by atoms with van der Waals surface area (Å²) in [6, 6.07) is 4.52. The van der Waals surface area contributed by atoms with E-state index >= 15 is 0 Å². The third kappa shape index (κ3) is 6.25. The van der Waals surface area contributed by atoms with Crippen molar-refractivity contribution in [3.8, 4) is 0 Å². The van der Waals surface area contributed by atoms with E-state index in [1.54, 1.807) is 32.9 Å². The molecule has 0 aliphatic carbocycles. The van der Waals surface area contributed by atoms with Gasteiger partial charge in [0.15, 0.2) is 0 Å². The van der Waals surface area contributed by atoms with E-state index in [2.05, 4.69) is 5.32 Å². The SMILES string of the molecule is CC(C)(C)OC(=O)NCCC=Cc1ccc([N+](=O)[O-])c(N)c1. The maximum atomic E-state index is 11.4. The van der Waals surface area contributed by atoms with Crippen LogP contribution in [0.5, 0.6) is 0 Å². The normalized spacial score (nSPS) is 11.4. The van der Waals surface area contributed by atoms with Crippen LogP contribution in [0.3, 0.4) is 0 Å². The van der Waals surface area contributed by atoms with Crippen molar-refractivity contribution in [3.63, 3.8) is 0 Å². The molecule has 3 N–H and O–H groups in total. The maximum Gasteiger partial charge on any atom is 0.407 e. The summed E-state index contributed by atoms with van der Waals surface area (Å²) in [5, 5.41) is 13.3. The Morgan fingerprint density at radius 3 is 2.68 bits per heavy atom. The molecule has 1 aromatic carbocycles. The number of anilines is 1. The van der Waals surface area contributed by atoms with E-state index in [4.69, 9.17) is 10.5 Å². The Labute approximate surface area is 129 Å². The first-order valence-electron chi connectivity index (χ1n) is 6.86. The molecule has 120 valence electrons. The van der Waals surface area contributed by atoms with Crippen LogP contribution in [0.25, 0.3) is 6.08 Å². The number of nitrogens with one attached hydrogen (secondary N) is 1. The Balaban J connectivity index is 2.42. The molecule has 1 amide bonds. The lowest BCUT2D eigenvalue weighted by Gasteiger charge is -2.19. The van der Waals surface area contributed by atoms with Gasteiger partial charge in [-0.1, -0.05) is 12.2 Å². The summed E-state index contributed by atoms with van der Waals surface area (Å²) in [5.74, 6) is 0. The predicted molar refractivity (Wildman–Crippen MR) is 85.4 cm³/mol. The Morgan fingerprint density at radius 1 is 1.45 bits per heavy atom. The maximum absolute atomic E-state index is 11.4. The van der Waals surface area contributed by atoms with Gasteiger partial charge in [0.05, 0.1) is 4.92 Å². The minimum Gasteiger partial charge on any atom is -0.444 e. The van der Waals surface area contributed by atoms with E-state index in [0.29, 0.717) is 13.0 Å². The molecule has 0 saturated heterocycles. The van der Waals surface area contributed by atoms with Crippen LogP contribution in [0.2, 0.25) is 0 Å². The van der Waals surface area contributed by atoms with E-state index in [9.17, 15) is 14.9 Å². The average Bonchev–Trinajstić information content (AvgIpc) is 2.35. The minimum absolute atomic E-state index is 0.108. The highest BCUT2D eigenvalue weighted by atomic mass is 16.6. The molecular weight excluding hydrogens is 286 g/mol. The topological polar surface area (TPSA) is 107 Å². The van der Waals surface area contributed by atoms with Crippen LogP contribution in [0, 0.1) is 10.1 Å². The van der Waals surface area contributed by atoms with Gasteiger partial charge in [-0.3, -0.25) is 10.1 Å². The third-order valence-electron chi connectivity index (χ3n) is 2.54. The van der Waals surface area contributed by atoms with Crippen molar-refractivity contribution in [2.75, 3.05) is 12.3 Å². The van der Waals surface area contributed by atoms with E-state index in [1.807, 2.05) is 6.08 Å². The summed E-state index contributed by atoms with van der Waals surface area (Å²) in [5.41, 5.74) is 5.87. The van der Waals surface area contributed by atoms with Crippen LogP contribution in [-0.4, -0.2) is 23.2 Å². The average molecular weight is 307 g/mol. The number of benzene rings is 1. The zero-order valence-electron chi connectivity index (χ0n) is 13.0. The largest absolute Gasteiger partial charge is 0.444 e. The van der Waals surface area contributed by atoms with Gasteiger partial charge in [-0.05, 0) is 44.9 Å². The smallest absolute Gasteiger partial charge is 0.407 e. The standard InChI is InChI=1S/C15H21N3O4/c1-15(2,3)22-14(19)17-9-5-4-6-11-7-8-13(18(20)21)12(16)10-11/h4,6-8,10H,5,9,16H2,1-3H3,(H,17,19). The number of ether oxygens (including phenoxy) is 1. The molecule has 1 aromatic rings. The monoisotopic (exact) mass is 307 g/mol. The third-order valence-corrected chi connectivity index (χ3v) is 2.54. The molecule has 0 bridgehead atoms.